The van der Waals surface area contributed by atoms with Gasteiger partial charge in [-0.15, -0.1) is 0 Å². The molecule has 2 nitrogen and oxygen atoms in total. The van der Waals surface area contributed by atoms with E-state index in [1.54, 1.807) is 6.07 Å². The van der Waals surface area contributed by atoms with Crippen LogP contribution in [0.15, 0.2) is 16.6 Å². The molecule has 0 radical (unpaired) electrons. The van der Waals surface area contributed by atoms with E-state index in [0.717, 1.165) is 23.0 Å². The summed E-state index contributed by atoms with van der Waals surface area (Å²) < 4.78 is 20.0. The van der Waals surface area contributed by atoms with Crippen LogP contribution in [-0.4, -0.2) is 12.6 Å². The van der Waals surface area contributed by atoms with Gasteiger partial charge in [0.15, 0.2) is 11.6 Å². The minimum absolute atomic E-state index is 0.0326. The first-order chi connectivity index (χ1) is 7.65. The van der Waals surface area contributed by atoms with Gasteiger partial charge in [-0.3, -0.25) is 0 Å². The minimum Gasteiger partial charge on any atom is -0.485 e. The first kappa shape index (κ1) is 11.9. The maximum Gasteiger partial charge on any atom is 0.165 e. The highest BCUT2D eigenvalue weighted by Gasteiger charge is 2.34. The highest BCUT2D eigenvalue weighted by molar-refractivity contribution is 9.10. The van der Waals surface area contributed by atoms with Crippen LogP contribution in [0.25, 0.3) is 0 Å². The fraction of sp³-hybridized carbons (Fsp3) is 0.500. The molecule has 0 aromatic heterocycles. The molecule has 1 N–H and O–H groups in total. The SMILES string of the molecule is CCCNC1c2c(Br)ccc(F)c2OC1C. The Morgan fingerprint density at radius 1 is 1.50 bits per heavy atom. The maximum absolute atomic E-state index is 13.6. The molecule has 0 spiro atoms. The van der Waals surface area contributed by atoms with Crippen molar-refractivity contribution in [1.82, 2.24) is 5.32 Å². The van der Waals surface area contributed by atoms with E-state index in [1.165, 1.54) is 6.07 Å². The van der Waals surface area contributed by atoms with Gasteiger partial charge in [-0.05, 0) is 32.0 Å². The fourth-order valence-electron chi connectivity index (χ4n) is 2.01. The summed E-state index contributed by atoms with van der Waals surface area (Å²) in [6.07, 6.45) is 1.01. The van der Waals surface area contributed by atoms with Gasteiger partial charge in [0.1, 0.15) is 6.10 Å². The lowest BCUT2D eigenvalue weighted by Crippen LogP contribution is -2.29. The lowest BCUT2D eigenvalue weighted by Gasteiger charge is -2.16. The number of hydrogen-bond donors (Lipinski definition) is 1. The molecule has 0 fully saturated rings. The molecule has 2 atom stereocenters. The summed E-state index contributed by atoms with van der Waals surface area (Å²) in [6, 6.07) is 3.23. The van der Waals surface area contributed by atoms with Crippen LogP contribution in [0.1, 0.15) is 31.9 Å². The quantitative estimate of drug-likeness (QED) is 0.920. The number of benzene rings is 1. The Morgan fingerprint density at radius 3 is 2.94 bits per heavy atom. The van der Waals surface area contributed by atoms with Crippen molar-refractivity contribution in [2.75, 3.05) is 6.54 Å². The van der Waals surface area contributed by atoms with Crippen LogP contribution in [0.4, 0.5) is 4.39 Å². The van der Waals surface area contributed by atoms with Gasteiger partial charge in [-0.25, -0.2) is 4.39 Å². The Kier molecular flexibility index (Phi) is 3.50. The second kappa shape index (κ2) is 4.72. The first-order valence-corrected chi connectivity index (χ1v) is 6.32. The van der Waals surface area contributed by atoms with Crippen molar-refractivity contribution >= 4 is 15.9 Å². The molecule has 1 heterocycles. The lowest BCUT2D eigenvalue weighted by atomic mass is 10.0. The van der Waals surface area contributed by atoms with Gasteiger partial charge in [-0.2, -0.15) is 0 Å². The molecule has 0 aliphatic carbocycles. The monoisotopic (exact) mass is 287 g/mol. The van der Waals surface area contributed by atoms with Crippen molar-refractivity contribution in [3.8, 4) is 5.75 Å². The predicted octanol–water partition coefficient (Wildman–Crippen LogP) is 3.41. The summed E-state index contributed by atoms with van der Waals surface area (Å²) in [5.41, 5.74) is 0.904. The summed E-state index contributed by atoms with van der Waals surface area (Å²) in [5, 5.41) is 3.38. The molecule has 0 amide bonds. The lowest BCUT2D eigenvalue weighted by molar-refractivity contribution is 0.203. The molecule has 1 aromatic carbocycles. The van der Waals surface area contributed by atoms with E-state index in [-0.39, 0.29) is 18.0 Å². The summed E-state index contributed by atoms with van der Waals surface area (Å²) >= 11 is 3.45. The molecule has 2 rings (SSSR count). The van der Waals surface area contributed by atoms with Gasteiger partial charge in [0, 0.05) is 10.0 Å². The molecule has 0 saturated heterocycles. The third-order valence-corrected chi connectivity index (χ3v) is 3.48. The van der Waals surface area contributed by atoms with Crippen molar-refractivity contribution < 1.29 is 9.13 Å². The fourth-order valence-corrected chi connectivity index (χ4v) is 2.57. The Balaban J connectivity index is 2.35. The average molecular weight is 288 g/mol. The van der Waals surface area contributed by atoms with Crippen LogP contribution in [0.2, 0.25) is 0 Å². The maximum atomic E-state index is 13.6. The summed E-state index contributed by atoms with van der Waals surface area (Å²) in [4.78, 5) is 0. The number of hydrogen-bond acceptors (Lipinski definition) is 2. The van der Waals surface area contributed by atoms with Crippen LogP contribution in [0.5, 0.6) is 5.75 Å². The van der Waals surface area contributed by atoms with Crippen LogP contribution in [0, 0.1) is 5.82 Å². The Morgan fingerprint density at radius 2 is 2.25 bits per heavy atom. The topological polar surface area (TPSA) is 21.3 Å². The summed E-state index contributed by atoms with van der Waals surface area (Å²) in [7, 11) is 0. The van der Waals surface area contributed by atoms with Crippen molar-refractivity contribution in [3.05, 3.63) is 28.0 Å². The average Bonchev–Trinajstić information content (AvgIpc) is 2.59. The highest BCUT2D eigenvalue weighted by Crippen LogP contribution is 2.42. The van der Waals surface area contributed by atoms with E-state index in [2.05, 4.69) is 28.2 Å². The standard InChI is InChI=1S/C12H15BrFNO/c1-3-6-15-11-7(2)16-12-9(14)5-4-8(13)10(11)12/h4-5,7,11,15H,3,6H2,1-2H3. The number of nitrogens with one attached hydrogen (secondary N) is 1. The molecule has 16 heavy (non-hydrogen) atoms. The smallest absolute Gasteiger partial charge is 0.165 e. The molecule has 1 aliphatic rings. The van der Waals surface area contributed by atoms with Gasteiger partial charge in [0.2, 0.25) is 0 Å². The zero-order chi connectivity index (χ0) is 11.7. The van der Waals surface area contributed by atoms with Gasteiger partial charge >= 0.3 is 0 Å². The van der Waals surface area contributed by atoms with E-state index in [9.17, 15) is 4.39 Å². The molecule has 4 heteroatoms. The number of fused-ring (bicyclic) bond motifs is 1. The van der Waals surface area contributed by atoms with Gasteiger partial charge in [0.05, 0.1) is 6.04 Å². The largest absolute Gasteiger partial charge is 0.485 e. The molecule has 0 saturated carbocycles. The molecular weight excluding hydrogens is 273 g/mol. The number of halogens is 2. The van der Waals surface area contributed by atoms with E-state index in [0.29, 0.717) is 5.75 Å². The van der Waals surface area contributed by atoms with Gasteiger partial charge < -0.3 is 10.1 Å². The third kappa shape index (κ3) is 1.96. The minimum atomic E-state index is -0.286. The Labute approximate surface area is 103 Å². The number of ether oxygens (including phenoxy) is 1. The van der Waals surface area contributed by atoms with Crippen LogP contribution >= 0.6 is 15.9 Å². The van der Waals surface area contributed by atoms with E-state index >= 15 is 0 Å². The second-order valence-electron chi connectivity index (χ2n) is 4.03. The highest BCUT2D eigenvalue weighted by atomic mass is 79.9. The Hall–Kier alpha value is -0.610. The summed E-state index contributed by atoms with van der Waals surface area (Å²) in [5.74, 6) is 0.0985. The molecule has 1 aliphatic heterocycles. The van der Waals surface area contributed by atoms with Crippen molar-refractivity contribution in [1.29, 1.82) is 0 Å². The van der Waals surface area contributed by atoms with Crippen LogP contribution in [0.3, 0.4) is 0 Å². The Bertz CT molecular complexity index is 397. The van der Waals surface area contributed by atoms with Crippen LogP contribution < -0.4 is 10.1 Å². The van der Waals surface area contributed by atoms with Gasteiger partial charge in [0.25, 0.3) is 0 Å². The number of rotatable bonds is 3. The third-order valence-electron chi connectivity index (χ3n) is 2.79. The molecule has 1 aromatic rings. The molecule has 2 unspecified atom stereocenters. The first-order valence-electron chi connectivity index (χ1n) is 5.53. The summed E-state index contributed by atoms with van der Waals surface area (Å²) in [6.45, 7) is 4.97. The van der Waals surface area contributed by atoms with Crippen molar-refractivity contribution in [2.24, 2.45) is 0 Å². The van der Waals surface area contributed by atoms with E-state index in [1.807, 2.05) is 6.92 Å². The normalized spacial score (nSPS) is 23.0. The van der Waals surface area contributed by atoms with Gasteiger partial charge in [-0.1, -0.05) is 22.9 Å². The molecular formula is C12H15BrFNO. The van der Waals surface area contributed by atoms with Crippen molar-refractivity contribution in [2.45, 2.75) is 32.4 Å². The van der Waals surface area contributed by atoms with Crippen molar-refractivity contribution in [3.63, 3.8) is 0 Å². The second-order valence-corrected chi connectivity index (χ2v) is 4.88. The zero-order valence-electron chi connectivity index (χ0n) is 9.39. The van der Waals surface area contributed by atoms with E-state index in [4.69, 9.17) is 4.74 Å². The zero-order valence-corrected chi connectivity index (χ0v) is 11.0. The predicted molar refractivity (Wildman–Crippen MR) is 65.2 cm³/mol. The van der Waals surface area contributed by atoms with Crippen LogP contribution in [-0.2, 0) is 0 Å². The molecule has 0 bridgehead atoms. The van der Waals surface area contributed by atoms with E-state index < -0.39 is 0 Å². The molecule has 88 valence electrons.